The molecule has 2 rings (SSSR count). The molecule has 0 aliphatic carbocycles. The number of benzene rings is 1. The molecule has 1 aliphatic heterocycles. The van der Waals surface area contributed by atoms with Gasteiger partial charge in [-0.1, -0.05) is 12.1 Å². The van der Waals surface area contributed by atoms with E-state index in [0.717, 1.165) is 12.1 Å². The Bertz CT molecular complexity index is 418. The lowest BCUT2D eigenvalue weighted by Gasteiger charge is -2.31. The summed E-state index contributed by atoms with van der Waals surface area (Å²) in [5.41, 5.74) is 2.04. The molecule has 3 heteroatoms. The second kappa shape index (κ2) is 5.99. The van der Waals surface area contributed by atoms with Crippen LogP contribution in [0.15, 0.2) is 24.3 Å². The number of nitrogens with one attached hydrogen (secondary N) is 1. The highest BCUT2D eigenvalue weighted by molar-refractivity contribution is 5.32. The van der Waals surface area contributed by atoms with E-state index in [4.69, 9.17) is 5.26 Å². The van der Waals surface area contributed by atoms with Gasteiger partial charge < -0.3 is 5.32 Å². The Morgan fingerprint density at radius 3 is 2.78 bits per heavy atom. The first kappa shape index (κ1) is 13.1. The first-order valence-electron chi connectivity index (χ1n) is 6.66. The van der Waals surface area contributed by atoms with Gasteiger partial charge in [0, 0.05) is 18.6 Å². The molecule has 1 heterocycles. The number of nitriles is 1. The molecule has 1 aromatic carbocycles. The molecule has 18 heavy (non-hydrogen) atoms. The molecule has 96 valence electrons. The van der Waals surface area contributed by atoms with Gasteiger partial charge in [-0.3, -0.25) is 4.90 Å². The van der Waals surface area contributed by atoms with Gasteiger partial charge in [-0.25, -0.2) is 0 Å². The van der Waals surface area contributed by atoms with Crippen molar-refractivity contribution in [2.75, 3.05) is 20.1 Å². The number of likely N-dealkylation sites (tertiary alicyclic amines) is 1. The zero-order valence-corrected chi connectivity index (χ0v) is 11.2. The van der Waals surface area contributed by atoms with E-state index >= 15 is 0 Å². The predicted octanol–water partition coefficient (Wildman–Crippen LogP) is 2.30. The van der Waals surface area contributed by atoms with Crippen LogP contribution < -0.4 is 5.32 Å². The molecule has 2 unspecified atom stereocenters. The van der Waals surface area contributed by atoms with Gasteiger partial charge in [0.2, 0.25) is 0 Å². The zero-order valence-electron chi connectivity index (χ0n) is 11.2. The normalized spacial score (nSPS) is 21.7. The van der Waals surface area contributed by atoms with E-state index in [1.807, 2.05) is 19.2 Å². The van der Waals surface area contributed by atoms with Gasteiger partial charge in [0.1, 0.15) is 0 Å². The maximum Gasteiger partial charge on any atom is 0.0991 e. The monoisotopic (exact) mass is 243 g/mol. The Morgan fingerprint density at radius 2 is 2.17 bits per heavy atom. The molecule has 3 nitrogen and oxygen atoms in total. The minimum Gasteiger partial charge on any atom is -0.318 e. The van der Waals surface area contributed by atoms with Crippen LogP contribution in [-0.2, 0) is 0 Å². The Kier molecular flexibility index (Phi) is 4.35. The summed E-state index contributed by atoms with van der Waals surface area (Å²) < 4.78 is 0. The van der Waals surface area contributed by atoms with E-state index < -0.39 is 0 Å². The van der Waals surface area contributed by atoms with Gasteiger partial charge >= 0.3 is 0 Å². The van der Waals surface area contributed by atoms with Crippen LogP contribution in [0.5, 0.6) is 0 Å². The fourth-order valence-electron chi connectivity index (χ4n) is 2.85. The third-order valence-corrected chi connectivity index (χ3v) is 3.88. The van der Waals surface area contributed by atoms with Crippen LogP contribution in [-0.4, -0.2) is 31.1 Å². The number of likely N-dealkylation sites (N-methyl/N-ethyl adjacent to an activating group) is 1. The van der Waals surface area contributed by atoms with Crippen LogP contribution in [0, 0.1) is 11.3 Å². The van der Waals surface area contributed by atoms with Crippen molar-refractivity contribution in [1.29, 1.82) is 5.26 Å². The largest absolute Gasteiger partial charge is 0.318 e. The molecule has 1 aliphatic rings. The highest BCUT2D eigenvalue weighted by Crippen LogP contribution is 2.28. The predicted molar refractivity (Wildman–Crippen MR) is 73.2 cm³/mol. The van der Waals surface area contributed by atoms with Crippen LogP contribution in [0.2, 0.25) is 0 Å². The van der Waals surface area contributed by atoms with Gasteiger partial charge in [0.05, 0.1) is 11.6 Å². The summed E-state index contributed by atoms with van der Waals surface area (Å²) in [5, 5.41) is 12.1. The first-order valence-corrected chi connectivity index (χ1v) is 6.66. The van der Waals surface area contributed by atoms with E-state index in [1.54, 1.807) is 0 Å². The van der Waals surface area contributed by atoms with Gasteiger partial charge in [-0.15, -0.1) is 0 Å². The van der Waals surface area contributed by atoms with Crippen molar-refractivity contribution in [2.45, 2.75) is 31.8 Å². The Morgan fingerprint density at radius 1 is 1.44 bits per heavy atom. The molecule has 0 aromatic heterocycles. The molecular weight excluding hydrogens is 222 g/mol. The lowest BCUT2D eigenvalue weighted by molar-refractivity contribution is 0.191. The highest BCUT2D eigenvalue weighted by atomic mass is 15.2. The highest BCUT2D eigenvalue weighted by Gasteiger charge is 2.28. The number of hydrogen-bond donors (Lipinski definition) is 1. The Hall–Kier alpha value is -1.37. The maximum atomic E-state index is 8.82. The summed E-state index contributed by atoms with van der Waals surface area (Å²) in [6, 6.07) is 11.2. The van der Waals surface area contributed by atoms with Crippen molar-refractivity contribution in [3.05, 3.63) is 35.4 Å². The fraction of sp³-hybridized carbons (Fsp3) is 0.533. The lowest BCUT2D eigenvalue weighted by atomic mass is 10.0. The number of rotatable bonds is 4. The second-order valence-electron chi connectivity index (χ2n) is 5.00. The maximum absolute atomic E-state index is 8.82. The molecule has 0 bridgehead atoms. The van der Waals surface area contributed by atoms with Crippen molar-refractivity contribution in [1.82, 2.24) is 10.2 Å². The molecule has 0 radical (unpaired) electrons. The van der Waals surface area contributed by atoms with Gasteiger partial charge in [-0.2, -0.15) is 5.26 Å². The topological polar surface area (TPSA) is 39.1 Å². The first-order chi connectivity index (χ1) is 8.76. The van der Waals surface area contributed by atoms with Crippen LogP contribution in [0.3, 0.4) is 0 Å². The summed E-state index contributed by atoms with van der Waals surface area (Å²) in [5.74, 6) is 0. The number of hydrogen-bond acceptors (Lipinski definition) is 3. The SMILES string of the molecule is CNCC1CCCN1C(C)c1ccc(C#N)cc1. The molecule has 0 amide bonds. The summed E-state index contributed by atoms with van der Waals surface area (Å²) in [6.07, 6.45) is 2.56. The minimum atomic E-state index is 0.429. The molecule has 0 spiro atoms. The molecular formula is C15H21N3. The minimum absolute atomic E-state index is 0.429. The summed E-state index contributed by atoms with van der Waals surface area (Å²) >= 11 is 0. The second-order valence-corrected chi connectivity index (χ2v) is 5.00. The third kappa shape index (κ3) is 2.72. The van der Waals surface area contributed by atoms with Crippen molar-refractivity contribution in [2.24, 2.45) is 0 Å². The summed E-state index contributed by atoms with van der Waals surface area (Å²) in [6.45, 7) is 4.49. The van der Waals surface area contributed by atoms with E-state index in [9.17, 15) is 0 Å². The van der Waals surface area contributed by atoms with Crippen molar-refractivity contribution < 1.29 is 0 Å². The smallest absolute Gasteiger partial charge is 0.0991 e. The summed E-state index contributed by atoms with van der Waals surface area (Å²) in [7, 11) is 2.02. The third-order valence-electron chi connectivity index (χ3n) is 3.88. The molecule has 1 N–H and O–H groups in total. The number of nitrogens with zero attached hydrogens (tertiary/aromatic N) is 2. The average Bonchev–Trinajstić information content (AvgIpc) is 2.87. The Labute approximate surface area is 109 Å². The van der Waals surface area contributed by atoms with E-state index in [2.05, 4.69) is 35.3 Å². The average molecular weight is 243 g/mol. The molecule has 1 fully saturated rings. The van der Waals surface area contributed by atoms with Crippen molar-refractivity contribution in [3.8, 4) is 6.07 Å². The zero-order chi connectivity index (χ0) is 13.0. The van der Waals surface area contributed by atoms with Crippen LogP contribution >= 0.6 is 0 Å². The molecule has 1 aromatic rings. The van der Waals surface area contributed by atoms with Gasteiger partial charge in [0.25, 0.3) is 0 Å². The quantitative estimate of drug-likeness (QED) is 0.882. The van der Waals surface area contributed by atoms with Gasteiger partial charge in [0.15, 0.2) is 0 Å². The standard InChI is InChI=1S/C15H21N3/c1-12(14-7-5-13(10-16)6-8-14)18-9-3-4-15(18)11-17-2/h5-8,12,15,17H,3-4,9,11H2,1-2H3. The van der Waals surface area contributed by atoms with Crippen LogP contribution in [0.1, 0.15) is 36.9 Å². The van der Waals surface area contributed by atoms with Crippen molar-refractivity contribution in [3.63, 3.8) is 0 Å². The van der Waals surface area contributed by atoms with Crippen molar-refractivity contribution >= 4 is 0 Å². The molecule has 1 saturated heterocycles. The van der Waals surface area contributed by atoms with E-state index in [-0.39, 0.29) is 0 Å². The fourth-order valence-corrected chi connectivity index (χ4v) is 2.85. The molecule has 0 saturated carbocycles. The molecule has 2 atom stereocenters. The van der Waals surface area contributed by atoms with Crippen LogP contribution in [0.25, 0.3) is 0 Å². The van der Waals surface area contributed by atoms with E-state index in [0.29, 0.717) is 12.1 Å². The summed E-state index contributed by atoms with van der Waals surface area (Å²) in [4.78, 5) is 2.57. The Balaban J connectivity index is 2.09. The lowest BCUT2D eigenvalue weighted by Crippen LogP contribution is -2.38. The van der Waals surface area contributed by atoms with E-state index in [1.165, 1.54) is 24.9 Å². The van der Waals surface area contributed by atoms with Crippen LogP contribution in [0.4, 0.5) is 0 Å². The van der Waals surface area contributed by atoms with Gasteiger partial charge in [-0.05, 0) is 51.1 Å².